The second-order valence-corrected chi connectivity index (χ2v) is 11.4. The predicted molar refractivity (Wildman–Crippen MR) is 140 cm³/mol. The lowest BCUT2D eigenvalue weighted by molar-refractivity contribution is -0.114. The summed E-state index contributed by atoms with van der Waals surface area (Å²) in [5, 5.41) is 5.90. The highest BCUT2D eigenvalue weighted by Crippen LogP contribution is 2.30. The van der Waals surface area contributed by atoms with E-state index >= 15 is 0 Å². The first-order valence-electron chi connectivity index (χ1n) is 10.6. The molecule has 0 aliphatic rings. The van der Waals surface area contributed by atoms with Crippen LogP contribution in [0.15, 0.2) is 77.7 Å². The lowest BCUT2D eigenvalue weighted by atomic mass is 10.1. The fourth-order valence-electron chi connectivity index (χ4n) is 3.19. The summed E-state index contributed by atoms with van der Waals surface area (Å²) in [7, 11) is -4.13. The van der Waals surface area contributed by atoms with Crippen molar-refractivity contribution < 1.29 is 18.0 Å². The fraction of sp³-hybridized carbons (Fsp3) is 0.200. The molecule has 0 fully saturated rings. The van der Waals surface area contributed by atoms with Gasteiger partial charge in [0.2, 0.25) is 5.91 Å². The van der Waals surface area contributed by atoms with Crippen molar-refractivity contribution in [3.05, 3.63) is 88.4 Å². The van der Waals surface area contributed by atoms with Gasteiger partial charge < -0.3 is 10.6 Å². The summed E-state index contributed by atoms with van der Waals surface area (Å²) in [4.78, 5) is 25.8. The van der Waals surface area contributed by atoms with Crippen molar-refractivity contribution in [2.24, 2.45) is 0 Å². The van der Waals surface area contributed by atoms with E-state index in [-0.39, 0.29) is 37.8 Å². The van der Waals surface area contributed by atoms with Gasteiger partial charge in [-0.1, -0.05) is 53.5 Å². The molecule has 3 aromatic rings. The predicted octanol–water partition coefficient (Wildman–Crippen LogP) is 5.36. The van der Waals surface area contributed by atoms with Crippen LogP contribution in [0.4, 0.5) is 11.4 Å². The molecule has 184 valence electrons. The number of halogens is 2. The highest BCUT2D eigenvalue weighted by Gasteiger charge is 2.28. The van der Waals surface area contributed by atoms with Gasteiger partial charge in [-0.15, -0.1) is 0 Å². The molecule has 0 aliphatic carbocycles. The third kappa shape index (κ3) is 6.75. The Morgan fingerprint density at radius 2 is 1.51 bits per heavy atom. The Labute approximate surface area is 215 Å². The molecule has 7 nitrogen and oxygen atoms in total. The molecule has 35 heavy (non-hydrogen) atoms. The monoisotopic (exact) mass is 533 g/mol. The molecule has 0 saturated carbocycles. The first kappa shape index (κ1) is 26.5. The van der Waals surface area contributed by atoms with E-state index in [9.17, 15) is 18.0 Å². The molecule has 0 saturated heterocycles. The molecule has 0 bridgehead atoms. The average molecular weight is 534 g/mol. The van der Waals surface area contributed by atoms with Crippen molar-refractivity contribution in [3.63, 3.8) is 0 Å². The van der Waals surface area contributed by atoms with Crippen LogP contribution in [0.2, 0.25) is 10.0 Å². The third-order valence-corrected chi connectivity index (χ3v) is 7.27. The number of carbonyl (C=O) groups is 2. The van der Waals surface area contributed by atoms with E-state index in [1.54, 1.807) is 42.5 Å². The molecule has 0 heterocycles. The highest BCUT2D eigenvalue weighted by molar-refractivity contribution is 7.92. The third-order valence-electron chi connectivity index (χ3n) is 4.74. The van der Waals surface area contributed by atoms with E-state index in [1.165, 1.54) is 30.3 Å². The van der Waals surface area contributed by atoms with Crippen LogP contribution in [0.1, 0.15) is 31.1 Å². The van der Waals surface area contributed by atoms with Crippen molar-refractivity contribution in [2.75, 3.05) is 16.2 Å². The molecule has 0 radical (unpaired) electrons. The van der Waals surface area contributed by atoms with Crippen molar-refractivity contribution in [1.82, 2.24) is 5.32 Å². The number of anilines is 2. The summed E-state index contributed by atoms with van der Waals surface area (Å²) in [5.41, 5.74) is 0.188. The standard InChI is InChI=1S/C25H25Cl2N3O4S/c1-25(2,3)29-24(32)19-11-7-8-12-22(19)28-23(31)16-30(17-13-14-20(26)21(27)15-17)35(33,34)18-9-5-4-6-10-18/h4-15H,16H2,1-3H3,(H,28,31)(H,29,32). The minimum Gasteiger partial charge on any atom is -0.347 e. The zero-order chi connectivity index (χ0) is 25.8. The Morgan fingerprint density at radius 3 is 2.14 bits per heavy atom. The topological polar surface area (TPSA) is 95.6 Å². The van der Waals surface area contributed by atoms with Gasteiger partial charge in [-0.05, 0) is 63.2 Å². The van der Waals surface area contributed by atoms with Gasteiger partial charge >= 0.3 is 0 Å². The average Bonchev–Trinajstić information content (AvgIpc) is 2.79. The van der Waals surface area contributed by atoms with Crippen LogP contribution in [0.5, 0.6) is 0 Å². The van der Waals surface area contributed by atoms with Crippen molar-refractivity contribution in [2.45, 2.75) is 31.2 Å². The van der Waals surface area contributed by atoms with Gasteiger partial charge in [0.25, 0.3) is 15.9 Å². The van der Waals surface area contributed by atoms with Gasteiger partial charge in [-0.2, -0.15) is 0 Å². The molecule has 0 aliphatic heterocycles. The Morgan fingerprint density at radius 1 is 0.886 bits per heavy atom. The van der Waals surface area contributed by atoms with Crippen LogP contribution in [-0.4, -0.2) is 32.3 Å². The number of nitrogens with zero attached hydrogens (tertiary/aromatic N) is 1. The van der Waals surface area contributed by atoms with E-state index in [0.29, 0.717) is 0 Å². The van der Waals surface area contributed by atoms with Crippen LogP contribution >= 0.6 is 23.2 Å². The Hall–Kier alpha value is -3.07. The van der Waals surface area contributed by atoms with E-state index in [4.69, 9.17) is 23.2 Å². The maximum absolute atomic E-state index is 13.5. The lowest BCUT2D eigenvalue weighted by Gasteiger charge is -2.25. The molecule has 3 rings (SSSR count). The minimum atomic E-state index is -4.13. The lowest BCUT2D eigenvalue weighted by Crippen LogP contribution is -2.41. The second kappa shape index (κ2) is 10.7. The summed E-state index contributed by atoms with van der Waals surface area (Å²) in [5.74, 6) is -1.02. The van der Waals surface area contributed by atoms with Crippen LogP contribution in [0.3, 0.4) is 0 Å². The van der Waals surface area contributed by atoms with Crippen LogP contribution in [-0.2, 0) is 14.8 Å². The number of para-hydroxylation sites is 1. The van der Waals surface area contributed by atoms with E-state index in [2.05, 4.69) is 10.6 Å². The SMILES string of the molecule is CC(C)(C)NC(=O)c1ccccc1NC(=O)CN(c1ccc(Cl)c(Cl)c1)S(=O)(=O)c1ccccc1. The number of hydrogen-bond donors (Lipinski definition) is 2. The quantitative estimate of drug-likeness (QED) is 0.427. The Bertz CT molecular complexity index is 1340. The molecule has 3 aromatic carbocycles. The summed E-state index contributed by atoms with van der Waals surface area (Å²) in [6.45, 7) is 4.96. The van der Waals surface area contributed by atoms with Crippen molar-refractivity contribution in [1.29, 1.82) is 0 Å². The van der Waals surface area contributed by atoms with Crippen LogP contribution in [0.25, 0.3) is 0 Å². The molecule has 0 spiro atoms. The molecular formula is C25H25Cl2N3O4S. The highest BCUT2D eigenvalue weighted by atomic mass is 35.5. The van der Waals surface area contributed by atoms with Gasteiger partial charge in [0.15, 0.2) is 0 Å². The number of benzene rings is 3. The first-order valence-corrected chi connectivity index (χ1v) is 12.8. The minimum absolute atomic E-state index is 0.00354. The van der Waals surface area contributed by atoms with E-state index in [1.807, 2.05) is 20.8 Å². The molecule has 10 heteroatoms. The maximum atomic E-state index is 13.5. The Balaban J connectivity index is 1.94. The van der Waals surface area contributed by atoms with Gasteiger partial charge in [0.1, 0.15) is 6.54 Å². The number of nitrogens with one attached hydrogen (secondary N) is 2. The van der Waals surface area contributed by atoms with Crippen LogP contribution < -0.4 is 14.9 Å². The van der Waals surface area contributed by atoms with Gasteiger partial charge in [-0.3, -0.25) is 13.9 Å². The van der Waals surface area contributed by atoms with Crippen molar-refractivity contribution in [3.8, 4) is 0 Å². The number of amides is 2. The van der Waals surface area contributed by atoms with Gasteiger partial charge in [-0.25, -0.2) is 8.42 Å². The second-order valence-electron chi connectivity index (χ2n) is 8.72. The summed E-state index contributed by atoms with van der Waals surface area (Å²) in [6, 6.07) is 18.5. The largest absolute Gasteiger partial charge is 0.347 e. The zero-order valence-corrected chi connectivity index (χ0v) is 21.7. The molecular weight excluding hydrogens is 509 g/mol. The molecule has 0 unspecified atom stereocenters. The van der Waals surface area contributed by atoms with Gasteiger partial charge in [0, 0.05) is 5.54 Å². The van der Waals surface area contributed by atoms with Crippen molar-refractivity contribution >= 4 is 56.4 Å². The number of carbonyl (C=O) groups excluding carboxylic acids is 2. The summed E-state index contributed by atoms with van der Waals surface area (Å²) in [6.07, 6.45) is 0. The number of sulfonamides is 1. The van der Waals surface area contributed by atoms with E-state index < -0.39 is 28.0 Å². The Kier molecular flexibility index (Phi) is 8.10. The normalized spacial score (nSPS) is 11.6. The van der Waals surface area contributed by atoms with Crippen LogP contribution in [0, 0.1) is 0 Å². The fourth-order valence-corrected chi connectivity index (χ4v) is 4.92. The molecule has 2 N–H and O–H groups in total. The summed E-state index contributed by atoms with van der Waals surface area (Å²) < 4.78 is 27.9. The summed E-state index contributed by atoms with van der Waals surface area (Å²) >= 11 is 12.1. The van der Waals surface area contributed by atoms with E-state index in [0.717, 1.165) is 4.31 Å². The zero-order valence-electron chi connectivity index (χ0n) is 19.4. The molecule has 0 atom stereocenters. The van der Waals surface area contributed by atoms with Gasteiger partial charge in [0.05, 0.1) is 31.9 Å². The maximum Gasteiger partial charge on any atom is 0.264 e. The smallest absolute Gasteiger partial charge is 0.264 e. The first-order chi connectivity index (χ1) is 16.4. The molecule has 2 amide bonds. The molecule has 0 aromatic heterocycles. The number of rotatable bonds is 7. The number of hydrogen-bond acceptors (Lipinski definition) is 4.